The summed E-state index contributed by atoms with van der Waals surface area (Å²) in [6.07, 6.45) is 2.06. The van der Waals surface area contributed by atoms with Gasteiger partial charge in [-0.1, -0.05) is 0 Å². The van der Waals surface area contributed by atoms with Crippen LogP contribution in [0.25, 0.3) is 10.9 Å². The number of non-ortho nitro benzene ring substituents is 1. The molecule has 1 saturated heterocycles. The lowest BCUT2D eigenvalue weighted by Gasteiger charge is -2.36. The molecule has 2 aromatic rings. The van der Waals surface area contributed by atoms with Crippen molar-refractivity contribution in [2.45, 2.75) is 24.8 Å². The summed E-state index contributed by atoms with van der Waals surface area (Å²) in [5.41, 5.74) is -0.164. The number of aromatic nitrogens is 1. The first-order valence-electron chi connectivity index (χ1n) is 7.78. The number of ether oxygens (including phenoxy) is 1. The molecule has 25 heavy (non-hydrogen) atoms. The molecule has 132 valence electrons. The van der Waals surface area contributed by atoms with Gasteiger partial charge in [0.15, 0.2) is 0 Å². The molecule has 0 aliphatic carbocycles. The first-order valence-corrected chi connectivity index (χ1v) is 7.78. The Kier molecular flexibility index (Phi) is 4.41. The number of hydrogen-bond acceptors (Lipinski definition) is 5. The number of aliphatic carboxylic acids is 1. The molecule has 3 rings (SSSR count). The molecule has 1 amide bonds. The summed E-state index contributed by atoms with van der Waals surface area (Å²) >= 11 is 0. The predicted molar refractivity (Wildman–Crippen MR) is 87.5 cm³/mol. The van der Waals surface area contributed by atoms with Crippen molar-refractivity contribution in [2.75, 3.05) is 13.2 Å². The third kappa shape index (κ3) is 3.45. The van der Waals surface area contributed by atoms with Gasteiger partial charge in [0.2, 0.25) is 0 Å². The summed E-state index contributed by atoms with van der Waals surface area (Å²) in [7, 11) is 0. The summed E-state index contributed by atoms with van der Waals surface area (Å²) in [6.45, 7) is 0.736. The molecule has 1 aliphatic rings. The van der Waals surface area contributed by atoms with E-state index in [4.69, 9.17) is 4.74 Å². The normalized spacial score (nSPS) is 16.5. The summed E-state index contributed by atoms with van der Waals surface area (Å²) in [5.74, 6) is -1.47. The highest BCUT2D eigenvalue weighted by atomic mass is 16.6. The monoisotopic (exact) mass is 347 g/mol. The molecule has 0 bridgehead atoms. The maximum atomic E-state index is 12.7. The molecular formula is C16H17N3O6. The molecule has 9 nitrogen and oxygen atoms in total. The van der Waals surface area contributed by atoms with Gasteiger partial charge in [0.05, 0.1) is 22.4 Å². The predicted octanol–water partition coefficient (Wildman–Crippen LogP) is 1.83. The Labute approximate surface area is 142 Å². The Bertz CT molecular complexity index is 838. The molecule has 9 heteroatoms. The summed E-state index contributed by atoms with van der Waals surface area (Å²) in [6, 6.07) is 4.21. The number of fused-ring (bicyclic) bond motifs is 1. The molecule has 0 saturated carbocycles. The Morgan fingerprint density at radius 2 is 2.08 bits per heavy atom. The number of amides is 1. The number of rotatable bonds is 5. The minimum atomic E-state index is -1.00. The molecule has 0 atom stereocenters. The summed E-state index contributed by atoms with van der Waals surface area (Å²) in [4.78, 5) is 37.2. The SMILES string of the molecule is O=C(O)CC1(NC(=O)c2c[nH]c3ccc([N+](=O)[O-])cc23)CCOCC1. The second-order valence-electron chi connectivity index (χ2n) is 6.11. The molecule has 0 unspecified atom stereocenters. The zero-order valence-corrected chi connectivity index (χ0v) is 13.3. The van der Waals surface area contributed by atoms with Crippen LogP contribution in [-0.4, -0.2) is 45.6 Å². The molecule has 2 heterocycles. The van der Waals surface area contributed by atoms with Crippen LogP contribution in [0, 0.1) is 10.1 Å². The molecule has 1 fully saturated rings. The lowest BCUT2D eigenvalue weighted by Crippen LogP contribution is -2.53. The van der Waals surface area contributed by atoms with Crippen molar-refractivity contribution < 1.29 is 24.4 Å². The third-order valence-corrected chi connectivity index (χ3v) is 4.44. The van der Waals surface area contributed by atoms with Crippen LogP contribution in [0.2, 0.25) is 0 Å². The van der Waals surface area contributed by atoms with Crippen LogP contribution in [0.1, 0.15) is 29.6 Å². The number of nitro benzene ring substituents is 1. The van der Waals surface area contributed by atoms with Gasteiger partial charge in [-0.25, -0.2) is 0 Å². The molecule has 3 N–H and O–H groups in total. The molecule has 1 aromatic heterocycles. The topological polar surface area (TPSA) is 135 Å². The molecule has 1 aromatic carbocycles. The van der Waals surface area contributed by atoms with E-state index in [1.807, 2.05) is 0 Å². The van der Waals surface area contributed by atoms with Crippen molar-refractivity contribution in [3.8, 4) is 0 Å². The fourth-order valence-electron chi connectivity index (χ4n) is 3.12. The minimum Gasteiger partial charge on any atom is -0.481 e. The average Bonchev–Trinajstić information content (AvgIpc) is 2.97. The summed E-state index contributed by atoms with van der Waals surface area (Å²) in [5, 5.41) is 23.4. The minimum absolute atomic E-state index is 0.118. The maximum absolute atomic E-state index is 12.7. The number of carboxylic acids is 1. The van der Waals surface area contributed by atoms with Crippen molar-refractivity contribution in [1.29, 1.82) is 0 Å². The van der Waals surface area contributed by atoms with E-state index < -0.39 is 22.3 Å². The van der Waals surface area contributed by atoms with Crippen molar-refractivity contribution in [3.63, 3.8) is 0 Å². The van der Waals surface area contributed by atoms with Gasteiger partial charge >= 0.3 is 5.97 Å². The zero-order valence-electron chi connectivity index (χ0n) is 13.3. The van der Waals surface area contributed by atoms with E-state index in [1.165, 1.54) is 24.4 Å². The van der Waals surface area contributed by atoms with E-state index in [2.05, 4.69) is 10.3 Å². The number of carbonyl (C=O) groups excluding carboxylic acids is 1. The van der Waals surface area contributed by atoms with Crippen LogP contribution >= 0.6 is 0 Å². The third-order valence-electron chi connectivity index (χ3n) is 4.44. The van der Waals surface area contributed by atoms with Crippen LogP contribution in [-0.2, 0) is 9.53 Å². The van der Waals surface area contributed by atoms with E-state index in [9.17, 15) is 24.8 Å². The quantitative estimate of drug-likeness (QED) is 0.558. The Morgan fingerprint density at radius 3 is 2.72 bits per heavy atom. The second-order valence-corrected chi connectivity index (χ2v) is 6.11. The first kappa shape index (κ1) is 16.9. The van der Waals surface area contributed by atoms with Crippen molar-refractivity contribution in [2.24, 2.45) is 0 Å². The van der Waals surface area contributed by atoms with Crippen LogP contribution in [0.3, 0.4) is 0 Å². The van der Waals surface area contributed by atoms with Crippen molar-refractivity contribution in [1.82, 2.24) is 10.3 Å². The number of aromatic amines is 1. The fraction of sp³-hybridized carbons (Fsp3) is 0.375. The Morgan fingerprint density at radius 1 is 1.36 bits per heavy atom. The number of hydrogen-bond donors (Lipinski definition) is 3. The lowest BCUT2D eigenvalue weighted by molar-refractivity contribution is -0.384. The maximum Gasteiger partial charge on any atom is 0.305 e. The molecule has 0 radical (unpaired) electrons. The van der Waals surface area contributed by atoms with Gasteiger partial charge in [0.25, 0.3) is 11.6 Å². The summed E-state index contributed by atoms with van der Waals surface area (Å²) < 4.78 is 5.27. The fourth-order valence-corrected chi connectivity index (χ4v) is 3.12. The van der Waals surface area contributed by atoms with Gasteiger partial charge in [-0.05, 0) is 18.9 Å². The highest BCUT2D eigenvalue weighted by molar-refractivity contribution is 6.07. The number of carbonyl (C=O) groups is 2. The van der Waals surface area contributed by atoms with Crippen molar-refractivity contribution in [3.05, 3.63) is 40.1 Å². The molecule has 1 aliphatic heterocycles. The number of nitro groups is 1. The smallest absolute Gasteiger partial charge is 0.305 e. The zero-order chi connectivity index (χ0) is 18.0. The highest BCUT2D eigenvalue weighted by Gasteiger charge is 2.37. The molecular weight excluding hydrogens is 330 g/mol. The average molecular weight is 347 g/mol. The van der Waals surface area contributed by atoms with E-state index in [-0.39, 0.29) is 17.7 Å². The van der Waals surface area contributed by atoms with E-state index in [0.29, 0.717) is 37.0 Å². The number of nitrogens with one attached hydrogen (secondary N) is 2. The number of nitrogens with zero attached hydrogens (tertiary/aromatic N) is 1. The van der Waals surface area contributed by atoms with E-state index in [0.717, 1.165) is 0 Å². The van der Waals surface area contributed by atoms with E-state index in [1.54, 1.807) is 0 Å². The molecule has 0 spiro atoms. The standard InChI is InChI=1S/C16H17N3O6/c20-14(21)8-16(3-5-25-6-4-16)18-15(22)12-9-17-13-2-1-10(19(23)24)7-11(12)13/h1-2,7,9,17H,3-6,8H2,(H,18,22)(H,20,21). The van der Waals surface area contributed by atoms with Crippen LogP contribution in [0.5, 0.6) is 0 Å². The van der Waals surface area contributed by atoms with Gasteiger partial charge in [0, 0.05) is 42.4 Å². The first-order chi connectivity index (χ1) is 11.9. The lowest BCUT2D eigenvalue weighted by atomic mass is 9.86. The largest absolute Gasteiger partial charge is 0.481 e. The van der Waals surface area contributed by atoms with Crippen LogP contribution in [0.4, 0.5) is 5.69 Å². The van der Waals surface area contributed by atoms with Crippen molar-refractivity contribution >= 4 is 28.5 Å². The second kappa shape index (κ2) is 6.52. The number of benzene rings is 1. The Balaban J connectivity index is 1.91. The van der Waals surface area contributed by atoms with Crippen LogP contribution in [0.15, 0.2) is 24.4 Å². The van der Waals surface area contributed by atoms with Gasteiger partial charge in [-0.3, -0.25) is 19.7 Å². The van der Waals surface area contributed by atoms with Gasteiger partial charge in [-0.15, -0.1) is 0 Å². The Hall–Kier alpha value is -2.94. The van der Waals surface area contributed by atoms with Gasteiger partial charge in [-0.2, -0.15) is 0 Å². The van der Waals surface area contributed by atoms with E-state index >= 15 is 0 Å². The number of carboxylic acid groups (broad SMARTS) is 1. The number of H-pyrrole nitrogens is 1. The van der Waals surface area contributed by atoms with Gasteiger partial charge < -0.3 is 20.1 Å². The van der Waals surface area contributed by atoms with Crippen LogP contribution < -0.4 is 5.32 Å². The highest BCUT2D eigenvalue weighted by Crippen LogP contribution is 2.28. The van der Waals surface area contributed by atoms with Gasteiger partial charge in [0.1, 0.15) is 0 Å².